The predicted molar refractivity (Wildman–Crippen MR) is 112 cm³/mol. The summed E-state index contributed by atoms with van der Waals surface area (Å²) in [6, 6.07) is 0. The summed E-state index contributed by atoms with van der Waals surface area (Å²) in [5, 5.41) is 0. The highest BCUT2D eigenvalue weighted by Crippen LogP contribution is 2.25. The minimum atomic E-state index is 0.898. The Kier molecular flexibility index (Phi) is 3.75. The molecule has 0 aromatic carbocycles. The van der Waals surface area contributed by atoms with Gasteiger partial charge in [0.25, 0.3) is 0 Å². The van der Waals surface area contributed by atoms with Crippen molar-refractivity contribution in [3.63, 3.8) is 0 Å². The lowest BCUT2D eigenvalue weighted by Gasteiger charge is -2.00. The number of allylic oxidation sites excluding steroid dienone is 12. The first-order valence-corrected chi connectivity index (χ1v) is 9.22. The lowest BCUT2D eigenvalue weighted by atomic mass is 10.1. The van der Waals surface area contributed by atoms with Crippen LogP contribution < -0.4 is 0 Å². The topological polar surface area (TPSA) is 49.4 Å². The van der Waals surface area contributed by atoms with Gasteiger partial charge < -0.3 is 0 Å². The van der Waals surface area contributed by atoms with Crippen LogP contribution in [0, 0.1) is 0 Å². The van der Waals surface area contributed by atoms with E-state index in [-0.39, 0.29) is 0 Å². The van der Waals surface area contributed by atoms with E-state index in [4.69, 9.17) is 9.98 Å². The average molecular weight is 350 g/mol. The molecule has 0 aromatic rings. The summed E-state index contributed by atoms with van der Waals surface area (Å²) in [4.78, 5) is 18.8. The van der Waals surface area contributed by atoms with E-state index in [2.05, 4.69) is 29.1 Å². The highest BCUT2D eigenvalue weighted by Gasteiger charge is 2.16. The molecule has 4 heteroatoms. The molecule has 0 aliphatic carbocycles. The highest BCUT2D eigenvalue weighted by molar-refractivity contribution is 6.16. The third kappa shape index (κ3) is 3.22. The minimum Gasteiger partial charge on any atom is -0.249 e. The lowest BCUT2D eigenvalue weighted by Crippen LogP contribution is -1.96. The normalized spacial score (nSPS) is 21.9. The Labute approximate surface area is 158 Å². The Hall–Kier alpha value is -3.40. The maximum Gasteiger partial charge on any atom is 0.0691 e. The molecular formula is C23H18N4. The van der Waals surface area contributed by atoms with Crippen LogP contribution in [-0.4, -0.2) is 22.8 Å². The fourth-order valence-corrected chi connectivity index (χ4v) is 3.42. The van der Waals surface area contributed by atoms with Crippen LogP contribution in [0.15, 0.2) is 115 Å². The van der Waals surface area contributed by atoms with Gasteiger partial charge in [0.1, 0.15) is 0 Å². The average Bonchev–Trinajstić information content (AvgIpc) is 3.41. The molecule has 0 atom stereocenters. The molecule has 0 fully saturated rings. The Balaban J connectivity index is 1.64. The van der Waals surface area contributed by atoms with E-state index >= 15 is 0 Å². The van der Waals surface area contributed by atoms with Gasteiger partial charge in [0.15, 0.2) is 0 Å². The van der Waals surface area contributed by atoms with Crippen molar-refractivity contribution >= 4 is 22.8 Å². The largest absolute Gasteiger partial charge is 0.249 e. The first kappa shape index (κ1) is 15.8. The molecule has 0 unspecified atom stereocenters. The highest BCUT2D eigenvalue weighted by atomic mass is 14.8. The summed E-state index contributed by atoms with van der Waals surface area (Å²) in [5.74, 6) is 0. The second-order valence-electron chi connectivity index (χ2n) is 6.80. The van der Waals surface area contributed by atoms with E-state index in [1.54, 1.807) is 0 Å². The van der Waals surface area contributed by atoms with E-state index in [0.717, 1.165) is 58.5 Å². The molecule has 0 saturated carbocycles. The van der Waals surface area contributed by atoms with Gasteiger partial charge in [-0.25, -0.2) is 20.0 Å². The van der Waals surface area contributed by atoms with Crippen molar-refractivity contribution in [3.8, 4) is 0 Å². The van der Waals surface area contributed by atoms with E-state index in [1.165, 1.54) is 5.57 Å². The van der Waals surface area contributed by atoms with Crippen LogP contribution in [0.5, 0.6) is 0 Å². The smallest absolute Gasteiger partial charge is 0.0691 e. The van der Waals surface area contributed by atoms with Crippen LogP contribution >= 0.6 is 0 Å². The monoisotopic (exact) mass is 350 g/mol. The molecule has 0 saturated heterocycles. The van der Waals surface area contributed by atoms with E-state index < -0.39 is 0 Å². The zero-order chi connectivity index (χ0) is 18.2. The van der Waals surface area contributed by atoms with E-state index in [9.17, 15) is 0 Å². The van der Waals surface area contributed by atoms with E-state index in [1.807, 2.05) is 54.7 Å². The molecule has 27 heavy (non-hydrogen) atoms. The third-order valence-corrected chi connectivity index (χ3v) is 4.64. The molecule has 4 nitrogen and oxygen atoms in total. The third-order valence-electron chi connectivity index (χ3n) is 4.64. The molecule has 5 aliphatic heterocycles. The Bertz CT molecular complexity index is 1100. The van der Waals surface area contributed by atoms with Gasteiger partial charge in [-0.15, -0.1) is 0 Å². The number of hydrogen-bond donors (Lipinski definition) is 0. The maximum atomic E-state index is 4.81. The number of nitrogens with zero attached hydrogens (tertiary/aromatic N) is 4. The molecule has 0 N–H and O–H groups in total. The van der Waals surface area contributed by atoms with Crippen molar-refractivity contribution in [2.24, 2.45) is 20.0 Å². The Morgan fingerprint density at radius 1 is 0.556 bits per heavy atom. The van der Waals surface area contributed by atoms with Crippen molar-refractivity contribution in [2.45, 2.75) is 19.8 Å². The number of aliphatic imine (C=N–C) groups is 4. The SMILES string of the molecule is CCCC1=CC2=CC3=NC(=CC4=NC(=CC5=NC(=CC1=N2)C=C5)C=C4)C=C3. The van der Waals surface area contributed by atoms with Crippen molar-refractivity contribution in [1.82, 2.24) is 0 Å². The second kappa shape index (κ2) is 6.40. The van der Waals surface area contributed by atoms with Crippen LogP contribution in [0.4, 0.5) is 0 Å². The molecule has 130 valence electrons. The Morgan fingerprint density at radius 2 is 1.07 bits per heavy atom. The summed E-state index contributed by atoms with van der Waals surface area (Å²) in [7, 11) is 0. The fraction of sp³-hybridized carbons (Fsp3) is 0.130. The van der Waals surface area contributed by atoms with Crippen LogP contribution in [0.1, 0.15) is 19.8 Å². The van der Waals surface area contributed by atoms with Gasteiger partial charge in [0, 0.05) is 0 Å². The van der Waals surface area contributed by atoms with Crippen molar-refractivity contribution in [2.75, 3.05) is 0 Å². The quantitative estimate of drug-likeness (QED) is 0.690. The molecule has 0 aromatic heterocycles. The van der Waals surface area contributed by atoms with Gasteiger partial charge in [-0.05, 0) is 78.8 Å². The maximum absolute atomic E-state index is 4.81. The first-order valence-electron chi connectivity index (χ1n) is 9.22. The summed E-state index contributed by atoms with van der Waals surface area (Å²) in [6.45, 7) is 2.19. The molecule has 0 amide bonds. The molecular weight excluding hydrogens is 332 g/mol. The molecule has 8 bridgehead atoms. The van der Waals surface area contributed by atoms with Crippen LogP contribution in [0.2, 0.25) is 0 Å². The molecule has 0 spiro atoms. The zero-order valence-corrected chi connectivity index (χ0v) is 15.1. The summed E-state index contributed by atoms with van der Waals surface area (Å²) in [5.41, 5.74) is 8.62. The number of hydrogen-bond acceptors (Lipinski definition) is 4. The number of fused-ring (bicyclic) bond motifs is 4. The zero-order valence-electron chi connectivity index (χ0n) is 15.1. The second-order valence-corrected chi connectivity index (χ2v) is 6.80. The van der Waals surface area contributed by atoms with E-state index in [0.29, 0.717) is 0 Å². The van der Waals surface area contributed by atoms with Gasteiger partial charge in [0.2, 0.25) is 0 Å². The molecule has 0 radical (unpaired) electrons. The lowest BCUT2D eigenvalue weighted by molar-refractivity contribution is 0.939. The fourth-order valence-electron chi connectivity index (χ4n) is 3.42. The van der Waals surface area contributed by atoms with Gasteiger partial charge in [-0.2, -0.15) is 0 Å². The van der Waals surface area contributed by atoms with Crippen molar-refractivity contribution < 1.29 is 0 Å². The van der Waals surface area contributed by atoms with Gasteiger partial charge >= 0.3 is 0 Å². The first-order chi connectivity index (χ1) is 13.2. The van der Waals surface area contributed by atoms with Gasteiger partial charge in [-0.3, -0.25) is 0 Å². The van der Waals surface area contributed by atoms with Gasteiger partial charge in [0.05, 0.1) is 45.6 Å². The number of rotatable bonds is 2. The summed E-state index contributed by atoms with van der Waals surface area (Å²) < 4.78 is 0. The summed E-state index contributed by atoms with van der Waals surface area (Å²) in [6.07, 6.45) is 24.4. The minimum absolute atomic E-state index is 0.898. The van der Waals surface area contributed by atoms with Crippen molar-refractivity contribution in [3.05, 3.63) is 95.2 Å². The Morgan fingerprint density at radius 3 is 1.63 bits per heavy atom. The predicted octanol–water partition coefficient (Wildman–Crippen LogP) is 4.75. The van der Waals surface area contributed by atoms with Crippen LogP contribution in [-0.2, 0) is 0 Å². The molecule has 5 heterocycles. The van der Waals surface area contributed by atoms with Crippen molar-refractivity contribution in [1.29, 1.82) is 0 Å². The molecule has 5 rings (SSSR count). The van der Waals surface area contributed by atoms with Crippen LogP contribution in [0.25, 0.3) is 0 Å². The summed E-state index contributed by atoms with van der Waals surface area (Å²) >= 11 is 0. The van der Waals surface area contributed by atoms with Crippen LogP contribution in [0.3, 0.4) is 0 Å². The standard InChI is InChI=1S/C23H18N4/c1-2-3-15-10-22-13-20-7-6-18(25-20)11-16-4-5-17(24-16)12-19-8-9-21(26-19)14-23(15)27-22/h4-14H,2-3H2,1H3. The van der Waals surface area contributed by atoms with Gasteiger partial charge in [-0.1, -0.05) is 13.3 Å². The molecule has 5 aliphatic rings.